The summed E-state index contributed by atoms with van der Waals surface area (Å²) in [5.74, 6) is -3.45. The number of nitrogens with zero attached hydrogens (tertiary/aromatic N) is 1. The molecule has 1 aromatic rings. The maximum Gasteiger partial charge on any atom is 0.341 e. The number of alkyl halides is 2. The lowest BCUT2D eigenvalue weighted by atomic mass is 9.99. The highest BCUT2D eigenvalue weighted by atomic mass is 32.2. The van der Waals surface area contributed by atoms with E-state index in [0.717, 1.165) is 31.4 Å². The van der Waals surface area contributed by atoms with Gasteiger partial charge in [-0.25, -0.2) is 8.42 Å². The maximum absolute atomic E-state index is 12.4. The van der Waals surface area contributed by atoms with Gasteiger partial charge in [0.2, 0.25) is 9.84 Å². The molecule has 2 rings (SSSR count). The number of sulfone groups is 1. The van der Waals surface area contributed by atoms with E-state index in [4.69, 9.17) is 0 Å². The van der Waals surface area contributed by atoms with Gasteiger partial charge in [-0.15, -0.1) is 0 Å². The standard InChI is InChI=1S/C13H15F2NO3S/c14-13(15)20(18,19)12-5-3-11(4-6-12)16-7-1-2-10(8-16)9-17/h3-6,9-10,13H,1-2,7-8H2. The Kier molecular flexibility index (Phi) is 4.37. The highest BCUT2D eigenvalue weighted by molar-refractivity contribution is 7.91. The van der Waals surface area contributed by atoms with E-state index in [-0.39, 0.29) is 10.8 Å². The molecule has 0 amide bonds. The fourth-order valence-corrected chi connectivity index (χ4v) is 3.03. The van der Waals surface area contributed by atoms with Crippen molar-refractivity contribution in [3.63, 3.8) is 0 Å². The predicted molar refractivity (Wildman–Crippen MR) is 70.6 cm³/mol. The number of carbonyl (C=O) groups excluding carboxylic acids is 1. The first-order valence-electron chi connectivity index (χ1n) is 6.27. The molecule has 1 aliphatic heterocycles. The summed E-state index contributed by atoms with van der Waals surface area (Å²) in [7, 11) is -4.55. The minimum absolute atomic E-state index is 0.0341. The van der Waals surface area contributed by atoms with Crippen LogP contribution in [0.15, 0.2) is 29.2 Å². The lowest BCUT2D eigenvalue weighted by Gasteiger charge is -2.32. The van der Waals surface area contributed by atoms with Gasteiger partial charge in [-0.05, 0) is 37.1 Å². The molecule has 1 heterocycles. The zero-order valence-corrected chi connectivity index (χ0v) is 11.5. The van der Waals surface area contributed by atoms with Crippen LogP contribution in [0.4, 0.5) is 14.5 Å². The Morgan fingerprint density at radius 2 is 1.90 bits per heavy atom. The van der Waals surface area contributed by atoms with Crippen molar-refractivity contribution in [3.05, 3.63) is 24.3 Å². The minimum atomic E-state index is -4.55. The molecule has 4 nitrogen and oxygen atoms in total. The van der Waals surface area contributed by atoms with Crippen molar-refractivity contribution in [1.82, 2.24) is 0 Å². The van der Waals surface area contributed by atoms with Gasteiger partial charge in [0.1, 0.15) is 6.29 Å². The summed E-state index contributed by atoms with van der Waals surface area (Å²) in [5.41, 5.74) is 0.741. The number of hydrogen-bond acceptors (Lipinski definition) is 4. The van der Waals surface area contributed by atoms with Crippen LogP contribution >= 0.6 is 0 Å². The Balaban J connectivity index is 2.18. The summed E-state index contributed by atoms with van der Waals surface area (Å²) in [5, 5.41) is 0. The van der Waals surface area contributed by atoms with Crippen LogP contribution in [0.2, 0.25) is 0 Å². The van der Waals surface area contributed by atoms with Crippen LogP contribution in [-0.4, -0.2) is 33.6 Å². The average molecular weight is 303 g/mol. The molecular weight excluding hydrogens is 288 g/mol. The molecule has 0 N–H and O–H groups in total. The highest BCUT2D eigenvalue weighted by Crippen LogP contribution is 2.25. The Bertz CT molecular complexity index is 572. The van der Waals surface area contributed by atoms with Gasteiger partial charge in [0.15, 0.2) is 0 Å². The van der Waals surface area contributed by atoms with Crippen LogP contribution in [0.25, 0.3) is 0 Å². The molecule has 0 aromatic heterocycles. The van der Waals surface area contributed by atoms with Crippen molar-refractivity contribution in [2.45, 2.75) is 23.5 Å². The number of rotatable bonds is 4. The van der Waals surface area contributed by atoms with Crippen LogP contribution in [0.3, 0.4) is 0 Å². The molecular formula is C13H15F2NO3S. The first-order valence-corrected chi connectivity index (χ1v) is 7.82. The van der Waals surface area contributed by atoms with E-state index < -0.39 is 15.6 Å². The quantitative estimate of drug-likeness (QED) is 0.799. The van der Waals surface area contributed by atoms with Gasteiger partial charge in [-0.3, -0.25) is 0 Å². The number of anilines is 1. The number of hydrogen-bond donors (Lipinski definition) is 0. The molecule has 1 fully saturated rings. The maximum atomic E-state index is 12.4. The van der Waals surface area contributed by atoms with E-state index in [1.165, 1.54) is 24.3 Å². The first-order chi connectivity index (χ1) is 9.45. The monoisotopic (exact) mass is 303 g/mol. The second-order valence-corrected chi connectivity index (χ2v) is 6.70. The van der Waals surface area contributed by atoms with Crippen LogP contribution in [-0.2, 0) is 14.6 Å². The van der Waals surface area contributed by atoms with Crippen LogP contribution in [0.1, 0.15) is 12.8 Å². The Hall–Kier alpha value is -1.50. The number of carbonyl (C=O) groups is 1. The van der Waals surface area contributed by atoms with Crippen LogP contribution < -0.4 is 4.90 Å². The third-order valence-electron chi connectivity index (χ3n) is 3.42. The van der Waals surface area contributed by atoms with Crippen LogP contribution in [0.5, 0.6) is 0 Å². The summed E-state index contributed by atoms with van der Waals surface area (Å²) in [6.07, 6.45) is 2.64. The lowest BCUT2D eigenvalue weighted by Crippen LogP contribution is -2.35. The highest BCUT2D eigenvalue weighted by Gasteiger charge is 2.27. The summed E-state index contributed by atoms with van der Waals surface area (Å²) in [6.45, 7) is 1.34. The Morgan fingerprint density at radius 1 is 1.25 bits per heavy atom. The number of benzene rings is 1. The average Bonchev–Trinajstić information content (AvgIpc) is 2.47. The van der Waals surface area contributed by atoms with E-state index in [1.807, 2.05) is 4.90 Å². The topological polar surface area (TPSA) is 54.5 Å². The number of piperidine rings is 1. The predicted octanol–water partition coefficient (Wildman–Crippen LogP) is 2.10. The van der Waals surface area contributed by atoms with E-state index in [0.29, 0.717) is 6.54 Å². The molecule has 110 valence electrons. The van der Waals surface area contributed by atoms with Gasteiger partial charge >= 0.3 is 5.76 Å². The second kappa shape index (κ2) is 5.87. The van der Waals surface area contributed by atoms with E-state index in [9.17, 15) is 22.0 Å². The summed E-state index contributed by atoms with van der Waals surface area (Å²) in [6, 6.07) is 5.37. The van der Waals surface area contributed by atoms with Gasteiger partial charge < -0.3 is 9.69 Å². The molecule has 1 unspecified atom stereocenters. The normalized spacial score (nSPS) is 20.1. The first kappa shape index (κ1) is 14.9. The van der Waals surface area contributed by atoms with E-state index in [2.05, 4.69) is 0 Å². The molecule has 0 saturated carbocycles. The molecule has 0 aliphatic carbocycles. The van der Waals surface area contributed by atoms with E-state index in [1.54, 1.807) is 0 Å². The summed E-state index contributed by atoms with van der Waals surface area (Å²) < 4.78 is 47.4. The van der Waals surface area contributed by atoms with Crippen LogP contribution in [0, 0.1) is 5.92 Å². The fraction of sp³-hybridized carbons (Fsp3) is 0.462. The molecule has 1 aromatic carbocycles. The largest absolute Gasteiger partial charge is 0.371 e. The third-order valence-corrected chi connectivity index (χ3v) is 4.81. The Morgan fingerprint density at radius 3 is 2.45 bits per heavy atom. The zero-order valence-electron chi connectivity index (χ0n) is 10.7. The molecule has 1 atom stereocenters. The minimum Gasteiger partial charge on any atom is -0.371 e. The zero-order chi connectivity index (χ0) is 14.8. The third kappa shape index (κ3) is 2.98. The van der Waals surface area contributed by atoms with Crippen molar-refractivity contribution >= 4 is 21.8 Å². The molecule has 1 saturated heterocycles. The number of aldehydes is 1. The van der Waals surface area contributed by atoms with Crippen molar-refractivity contribution < 1.29 is 22.0 Å². The van der Waals surface area contributed by atoms with E-state index >= 15 is 0 Å². The van der Waals surface area contributed by atoms with Crippen molar-refractivity contribution in [3.8, 4) is 0 Å². The smallest absolute Gasteiger partial charge is 0.341 e. The van der Waals surface area contributed by atoms with Gasteiger partial charge in [0, 0.05) is 24.7 Å². The fourth-order valence-electron chi connectivity index (χ4n) is 2.31. The molecule has 0 radical (unpaired) electrons. The second-order valence-electron chi connectivity index (χ2n) is 4.78. The molecule has 0 bridgehead atoms. The van der Waals surface area contributed by atoms with Gasteiger partial charge in [-0.1, -0.05) is 0 Å². The molecule has 20 heavy (non-hydrogen) atoms. The van der Waals surface area contributed by atoms with Crippen molar-refractivity contribution in [2.24, 2.45) is 5.92 Å². The lowest BCUT2D eigenvalue weighted by molar-refractivity contribution is -0.111. The molecule has 7 heteroatoms. The van der Waals surface area contributed by atoms with Crippen molar-refractivity contribution in [2.75, 3.05) is 18.0 Å². The summed E-state index contributed by atoms with van der Waals surface area (Å²) in [4.78, 5) is 12.4. The molecule has 1 aliphatic rings. The SMILES string of the molecule is O=CC1CCCN(c2ccc(S(=O)(=O)C(F)F)cc2)C1. The van der Waals surface area contributed by atoms with Crippen molar-refractivity contribution in [1.29, 1.82) is 0 Å². The van der Waals surface area contributed by atoms with Gasteiger partial charge in [0.05, 0.1) is 4.90 Å². The van der Waals surface area contributed by atoms with Gasteiger partial charge in [-0.2, -0.15) is 8.78 Å². The molecule has 0 spiro atoms. The van der Waals surface area contributed by atoms with Gasteiger partial charge in [0.25, 0.3) is 0 Å². The Labute approximate surface area is 116 Å². The number of halogens is 2. The summed E-state index contributed by atoms with van der Waals surface area (Å²) >= 11 is 0.